The summed E-state index contributed by atoms with van der Waals surface area (Å²) in [7, 11) is 3.25. The Morgan fingerprint density at radius 2 is 2.14 bits per heavy atom. The number of rotatable bonds is 6. The van der Waals surface area contributed by atoms with Crippen molar-refractivity contribution in [3.63, 3.8) is 0 Å². The van der Waals surface area contributed by atoms with Crippen LogP contribution in [0, 0.1) is 0 Å². The summed E-state index contributed by atoms with van der Waals surface area (Å²) in [5.74, 6) is -0.251. The van der Waals surface area contributed by atoms with E-state index >= 15 is 0 Å². The quantitative estimate of drug-likeness (QED) is 0.804. The number of hydrogen-bond acceptors (Lipinski definition) is 5. The van der Waals surface area contributed by atoms with Gasteiger partial charge in [-0.1, -0.05) is 30.0 Å². The van der Waals surface area contributed by atoms with E-state index in [1.165, 1.54) is 16.7 Å². The predicted molar refractivity (Wildman–Crippen MR) is 87.2 cm³/mol. The first kappa shape index (κ1) is 16.5. The highest BCUT2D eigenvalue weighted by Crippen LogP contribution is 2.30. The van der Waals surface area contributed by atoms with E-state index in [9.17, 15) is 9.59 Å². The lowest BCUT2D eigenvalue weighted by atomic mass is 10.2. The van der Waals surface area contributed by atoms with Crippen molar-refractivity contribution in [1.29, 1.82) is 0 Å². The maximum Gasteiger partial charge on any atom is 0.242 e. The first-order chi connectivity index (χ1) is 10.6. The molecule has 1 aromatic carbocycles. The van der Waals surface area contributed by atoms with Gasteiger partial charge in [-0.3, -0.25) is 14.5 Å². The molecular weight excluding hydrogens is 302 g/mol. The fraction of sp³-hybridized carbons (Fsp3) is 0.400. The number of carbonyl (C=O) groups is 2. The van der Waals surface area contributed by atoms with Crippen LogP contribution in [0.5, 0.6) is 0 Å². The third-order valence-corrected chi connectivity index (χ3v) is 4.35. The molecule has 2 amide bonds. The van der Waals surface area contributed by atoms with Crippen LogP contribution in [-0.4, -0.2) is 54.4 Å². The summed E-state index contributed by atoms with van der Waals surface area (Å²) in [6, 6.07) is 9.43. The fourth-order valence-corrected chi connectivity index (χ4v) is 3.10. The van der Waals surface area contributed by atoms with Crippen LogP contribution in [-0.2, 0) is 14.3 Å². The third-order valence-electron chi connectivity index (χ3n) is 3.12. The summed E-state index contributed by atoms with van der Waals surface area (Å²) < 4.78 is 4.87. The Labute approximate surface area is 133 Å². The molecule has 1 saturated heterocycles. The number of aliphatic imine (C=N–C) groups is 1. The highest BCUT2D eigenvalue weighted by molar-refractivity contribution is 8.15. The van der Waals surface area contributed by atoms with Crippen molar-refractivity contribution in [3.05, 3.63) is 30.3 Å². The highest BCUT2D eigenvalue weighted by atomic mass is 32.2. The smallest absolute Gasteiger partial charge is 0.242 e. The molecule has 0 spiro atoms. The van der Waals surface area contributed by atoms with Crippen molar-refractivity contribution in [3.8, 4) is 0 Å². The maximum absolute atomic E-state index is 12.2. The van der Waals surface area contributed by atoms with Gasteiger partial charge in [-0.15, -0.1) is 0 Å². The van der Waals surface area contributed by atoms with Crippen LogP contribution in [0.25, 0.3) is 0 Å². The topological polar surface area (TPSA) is 71.0 Å². The molecule has 0 radical (unpaired) electrons. The molecule has 0 aromatic heterocycles. The third kappa shape index (κ3) is 4.32. The first-order valence-electron chi connectivity index (χ1n) is 6.95. The van der Waals surface area contributed by atoms with E-state index in [1.54, 1.807) is 14.2 Å². The lowest BCUT2D eigenvalue weighted by molar-refractivity contribution is -0.128. The molecule has 22 heavy (non-hydrogen) atoms. The van der Waals surface area contributed by atoms with Crippen LogP contribution in [0.15, 0.2) is 35.3 Å². The van der Waals surface area contributed by atoms with Crippen molar-refractivity contribution >= 4 is 34.4 Å². The van der Waals surface area contributed by atoms with Crippen LogP contribution in [0.1, 0.15) is 6.42 Å². The molecule has 7 heteroatoms. The van der Waals surface area contributed by atoms with E-state index in [0.717, 1.165) is 5.69 Å². The van der Waals surface area contributed by atoms with Crippen LogP contribution < -0.4 is 5.32 Å². The average molecular weight is 321 g/mol. The second-order valence-corrected chi connectivity index (χ2v) is 5.95. The molecule has 1 aliphatic heterocycles. The van der Waals surface area contributed by atoms with Gasteiger partial charge in [0, 0.05) is 27.1 Å². The zero-order valence-electron chi connectivity index (χ0n) is 12.6. The van der Waals surface area contributed by atoms with Crippen molar-refractivity contribution < 1.29 is 14.3 Å². The molecule has 1 N–H and O–H groups in total. The minimum atomic E-state index is -0.421. The number of hydrogen-bond donors (Lipinski definition) is 1. The lowest BCUT2D eigenvalue weighted by Crippen LogP contribution is -2.33. The van der Waals surface area contributed by atoms with E-state index in [2.05, 4.69) is 10.3 Å². The van der Waals surface area contributed by atoms with E-state index < -0.39 is 5.25 Å². The number of ether oxygens (including phenoxy) is 1. The van der Waals surface area contributed by atoms with Gasteiger partial charge >= 0.3 is 0 Å². The Kier molecular flexibility index (Phi) is 5.97. The number of amidine groups is 1. The largest absolute Gasteiger partial charge is 0.383 e. The summed E-state index contributed by atoms with van der Waals surface area (Å²) in [5.41, 5.74) is 0.787. The molecular formula is C15H19N3O3S. The number of carbonyl (C=O) groups excluding carboxylic acids is 2. The second-order valence-electron chi connectivity index (χ2n) is 4.78. The van der Waals surface area contributed by atoms with E-state index in [1.807, 2.05) is 30.3 Å². The summed E-state index contributed by atoms with van der Waals surface area (Å²) in [4.78, 5) is 30.0. The zero-order chi connectivity index (χ0) is 15.9. The van der Waals surface area contributed by atoms with Gasteiger partial charge in [-0.05, 0) is 12.1 Å². The Bertz CT molecular complexity index is 562. The summed E-state index contributed by atoms with van der Waals surface area (Å²) >= 11 is 1.32. The predicted octanol–water partition coefficient (Wildman–Crippen LogP) is 1.40. The zero-order valence-corrected chi connectivity index (χ0v) is 13.4. The van der Waals surface area contributed by atoms with Gasteiger partial charge in [0.05, 0.1) is 12.3 Å². The standard InChI is InChI=1S/C15H19N3O3S/c1-18-14(20)12(10-13(19)16-8-9-21-2)22-15(18)17-11-6-4-3-5-7-11/h3-7,12H,8-10H2,1-2H3,(H,16,19)/t12-/m0/s1. The van der Waals surface area contributed by atoms with Crippen LogP contribution in [0.3, 0.4) is 0 Å². The monoisotopic (exact) mass is 321 g/mol. The normalized spacial score (nSPS) is 19.7. The van der Waals surface area contributed by atoms with Gasteiger partial charge in [0.15, 0.2) is 5.17 Å². The lowest BCUT2D eigenvalue weighted by Gasteiger charge is -2.09. The van der Waals surface area contributed by atoms with Crippen molar-refractivity contribution in [2.24, 2.45) is 4.99 Å². The Hall–Kier alpha value is -1.86. The minimum Gasteiger partial charge on any atom is -0.383 e. The Balaban J connectivity index is 1.97. The summed E-state index contributed by atoms with van der Waals surface area (Å²) in [5, 5.41) is 2.92. The summed E-state index contributed by atoms with van der Waals surface area (Å²) in [6.07, 6.45) is 0.144. The van der Waals surface area contributed by atoms with E-state index in [0.29, 0.717) is 18.3 Å². The van der Waals surface area contributed by atoms with Gasteiger partial charge < -0.3 is 10.1 Å². The van der Waals surface area contributed by atoms with Crippen molar-refractivity contribution in [1.82, 2.24) is 10.2 Å². The number of methoxy groups -OCH3 is 1. The number of nitrogens with zero attached hydrogens (tertiary/aromatic N) is 2. The molecule has 0 bridgehead atoms. The fourth-order valence-electron chi connectivity index (χ4n) is 1.94. The molecule has 1 aliphatic rings. The first-order valence-corrected chi connectivity index (χ1v) is 7.83. The molecule has 1 atom stereocenters. The molecule has 1 heterocycles. The minimum absolute atomic E-state index is 0.0958. The van der Waals surface area contributed by atoms with Gasteiger partial charge in [-0.25, -0.2) is 4.99 Å². The van der Waals surface area contributed by atoms with E-state index in [-0.39, 0.29) is 18.2 Å². The molecule has 118 valence electrons. The van der Waals surface area contributed by atoms with Gasteiger partial charge in [0.1, 0.15) is 5.25 Å². The molecule has 0 saturated carbocycles. The molecule has 1 fully saturated rings. The van der Waals surface area contributed by atoms with Crippen LogP contribution >= 0.6 is 11.8 Å². The van der Waals surface area contributed by atoms with Gasteiger partial charge in [0.25, 0.3) is 0 Å². The summed E-state index contributed by atoms with van der Waals surface area (Å²) in [6.45, 7) is 0.903. The van der Waals surface area contributed by atoms with Crippen molar-refractivity contribution in [2.45, 2.75) is 11.7 Å². The SMILES string of the molecule is COCCNC(=O)C[C@@H]1SC(=Nc2ccccc2)N(C)C1=O. The van der Waals surface area contributed by atoms with Crippen molar-refractivity contribution in [2.75, 3.05) is 27.3 Å². The highest BCUT2D eigenvalue weighted by Gasteiger charge is 2.36. The molecule has 1 aromatic rings. The maximum atomic E-state index is 12.2. The second kappa shape index (κ2) is 7.95. The molecule has 0 unspecified atom stereocenters. The Morgan fingerprint density at radius 3 is 2.82 bits per heavy atom. The van der Waals surface area contributed by atoms with Crippen LogP contribution in [0.4, 0.5) is 5.69 Å². The molecule has 6 nitrogen and oxygen atoms in total. The number of thioether (sulfide) groups is 1. The molecule has 2 rings (SSSR count). The van der Waals surface area contributed by atoms with Gasteiger partial charge in [-0.2, -0.15) is 0 Å². The number of nitrogens with one attached hydrogen (secondary N) is 1. The number of amides is 2. The van der Waals surface area contributed by atoms with Gasteiger partial charge in [0.2, 0.25) is 11.8 Å². The Morgan fingerprint density at radius 1 is 1.41 bits per heavy atom. The number of para-hydroxylation sites is 1. The molecule has 0 aliphatic carbocycles. The number of benzene rings is 1. The van der Waals surface area contributed by atoms with E-state index in [4.69, 9.17) is 4.74 Å². The van der Waals surface area contributed by atoms with Crippen LogP contribution in [0.2, 0.25) is 0 Å². The average Bonchev–Trinajstić information content (AvgIpc) is 2.77.